The normalized spacial score (nSPS) is 12.5. The molecule has 1 atom stereocenters. The summed E-state index contributed by atoms with van der Waals surface area (Å²) in [5.74, 6) is 1.45. The van der Waals surface area contributed by atoms with Crippen LogP contribution in [0.15, 0.2) is 36.4 Å². The van der Waals surface area contributed by atoms with E-state index >= 15 is 0 Å². The van der Waals surface area contributed by atoms with Crippen LogP contribution in [0.4, 0.5) is 0 Å². The van der Waals surface area contributed by atoms with Crippen LogP contribution in [0.2, 0.25) is 0 Å². The molecule has 0 amide bonds. The molecule has 152 valence electrons. The van der Waals surface area contributed by atoms with E-state index < -0.39 is 0 Å². The number of carbonyl (C=O) groups is 1. The van der Waals surface area contributed by atoms with Crippen LogP contribution in [0, 0.1) is 0 Å². The highest BCUT2D eigenvalue weighted by Crippen LogP contribution is 2.33. The second kappa shape index (κ2) is 9.27. The number of esters is 1. The summed E-state index contributed by atoms with van der Waals surface area (Å²) in [5, 5.41) is 0. The van der Waals surface area contributed by atoms with Gasteiger partial charge in [0.15, 0.2) is 0 Å². The molecule has 2 aromatic rings. The summed E-state index contributed by atoms with van der Waals surface area (Å²) in [4.78, 5) is 13.2. The molecule has 2 aromatic carbocycles. The topological polar surface area (TPSA) is 35.5 Å². The molecule has 0 heterocycles. The minimum atomic E-state index is -0.330. The van der Waals surface area contributed by atoms with Gasteiger partial charge in [-0.2, -0.15) is 0 Å². The summed E-state index contributed by atoms with van der Waals surface area (Å²) in [6.45, 7) is 14.8. The highest BCUT2D eigenvalue weighted by molar-refractivity contribution is 5.93. The SMILES string of the molecule is COc1ccc([C@@H](C)OC(=O)c2c(C(C)C)cc(C(C)C)cc2C(C)C)cc1. The number of hydrogen-bond donors (Lipinski definition) is 0. The maximum atomic E-state index is 13.2. The highest BCUT2D eigenvalue weighted by atomic mass is 16.5. The van der Waals surface area contributed by atoms with Crippen molar-refractivity contribution in [1.82, 2.24) is 0 Å². The van der Waals surface area contributed by atoms with Crippen molar-refractivity contribution in [3.8, 4) is 5.75 Å². The van der Waals surface area contributed by atoms with Crippen LogP contribution in [0.25, 0.3) is 0 Å². The van der Waals surface area contributed by atoms with Gasteiger partial charge in [0.2, 0.25) is 0 Å². The molecule has 0 N–H and O–H groups in total. The first-order chi connectivity index (χ1) is 13.1. The molecule has 0 bridgehead atoms. The Morgan fingerprint density at radius 1 is 0.750 bits per heavy atom. The third-order valence-electron chi connectivity index (χ3n) is 5.21. The van der Waals surface area contributed by atoms with Crippen LogP contribution in [-0.2, 0) is 4.74 Å². The van der Waals surface area contributed by atoms with E-state index in [-0.39, 0.29) is 23.9 Å². The smallest absolute Gasteiger partial charge is 0.339 e. The number of hydrogen-bond acceptors (Lipinski definition) is 3. The molecular formula is C25H34O3. The minimum absolute atomic E-state index is 0.244. The molecule has 0 unspecified atom stereocenters. The van der Waals surface area contributed by atoms with Crippen LogP contribution >= 0.6 is 0 Å². The number of rotatable bonds is 7. The van der Waals surface area contributed by atoms with Gasteiger partial charge >= 0.3 is 5.97 Å². The lowest BCUT2D eigenvalue weighted by Gasteiger charge is -2.23. The van der Waals surface area contributed by atoms with Crippen molar-refractivity contribution in [2.45, 2.75) is 72.3 Å². The zero-order valence-electron chi connectivity index (χ0n) is 18.5. The van der Waals surface area contributed by atoms with E-state index in [2.05, 4.69) is 53.7 Å². The monoisotopic (exact) mass is 382 g/mol. The fraction of sp³-hybridized carbons (Fsp3) is 0.480. The first kappa shape index (κ1) is 22.0. The average molecular weight is 383 g/mol. The molecule has 0 aromatic heterocycles. The Bertz CT molecular complexity index is 772. The van der Waals surface area contributed by atoms with Gasteiger partial charge < -0.3 is 9.47 Å². The van der Waals surface area contributed by atoms with Crippen molar-refractivity contribution in [1.29, 1.82) is 0 Å². The van der Waals surface area contributed by atoms with E-state index in [1.54, 1.807) is 7.11 Å². The van der Waals surface area contributed by atoms with Crippen LogP contribution < -0.4 is 4.74 Å². The van der Waals surface area contributed by atoms with Crippen LogP contribution in [-0.4, -0.2) is 13.1 Å². The van der Waals surface area contributed by atoms with E-state index in [0.29, 0.717) is 5.92 Å². The molecule has 0 aliphatic carbocycles. The van der Waals surface area contributed by atoms with E-state index in [0.717, 1.165) is 28.0 Å². The Morgan fingerprint density at radius 2 is 1.25 bits per heavy atom. The minimum Gasteiger partial charge on any atom is -0.497 e. The van der Waals surface area contributed by atoms with Crippen molar-refractivity contribution in [3.05, 3.63) is 64.2 Å². The summed E-state index contributed by atoms with van der Waals surface area (Å²) in [6, 6.07) is 12.0. The molecule has 3 heteroatoms. The molecule has 0 aliphatic heterocycles. The Balaban J connectivity index is 2.42. The first-order valence-electron chi connectivity index (χ1n) is 10.2. The summed E-state index contributed by atoms with van der Waals surface area (Å²) in [7, 11) is 1.64. The summed E-state index contributed by atoms with van der Waals surface area (Å²) in [6.07, 6.45) is -0.330. The number of benzene rings is 2. The zero-order chi connectivity index (χ0) is 21.0. The van der Waals surface area contributed by atoms with Gasteiger partial charge in [-0.25, -0.2) is 4.79 Å². The van der Waals surface area contributed by atoms with Crippen LogP contribution in [0.1, 0.15) is 105 Å². The molecule has 28 heavy (non-hydrogen) atoms. The average Bonchev–Trinajstić information content (AvgIpc) is 2.66. The van der Waals surface area contributed by atoms with Crippen LogP contribution in [0.3, 0.4) is 0 Å². The largest absolute Gasteiger partial charge is 0.497 e. The van der Waals surface area contributed by atoms with Gasteiger partial charge in [-0.15, -0.1) is 0 Å². The first-order valence-corrected chi connectivity index (χ1v) is 10.2. The van der Waals surface area contributed by atoms with Gasteiger partial charge in [-0.1, -0.05) is 65.8 Å². The lowest BCUT2D eigenvalue weighted by molar-refractivity contribution is 0.0334. The van der Waals surface area contributed by atoms with Gasteiger partial charge in [0.25, 0.3) is 0 Å². The third-order valence-corrected chi connectivity index (χ3v) is 5.21. The van der Waals surface area contributed by atoms with E-state index in [1.807, 2.05) is 31.2 Å². The molecule has 2 rings (SSSR count). The van der Waals surface area contributed by atoms with Gasteiger partial charge in [-0.05, 0) is 59.1 Å². The van der Waals surface area contributed by atoms with E-state index in [1.165, 1.54) is 5.56 Å². The Hall–Kier alpha value is -2.29. The molecule has 0 radical (unpaired) electrons. The second-order valence-electron chi connectivity index (χ2n) is 8.36. The van der Waals surface area contributed by atoms with E-state index in [4.69, 9.17) is 9.47 Å². The summed E-state index contributed by atoms with van der Waals surface area (Å²) < 4.78 is 11.1. The molecule has 0 spiro atoms. The number of carbonyl (C=O) groups excluding carboxylic acids is 1. The quantitative estimate of drug-likeness (QED) is 0.484. The third kappa shape index (κ3) is 4.95. The van der Waals surface area contributed by atoms with Crippen molar-refractivity contribution in [2.75, 3.05) is 7.11 Å². The van der Waals surface area contributed by atoms with Gasteiger partial charge in [0, 0.05) is 0 Å². The predicted molar refractivity (Wildman–Crippen MR) is 116 cm³/mol. The standard InChI is InChI=1S/C25H34O3/c1-15(2)20-13-22(16(3)4)24(23(14-20)17(5)6)25(26)28-18(7)19-9-11-21(27-8)12-10-19/h9-18H,1-8H3/t18-/m1/s1. The summed E-state index contributed by atoms with van der Waals surface area (Å²) >= 11 is 0. The van der Waals surface area contributed by atoms with Gasteiger partial charge in [0.1, 0.15) is 11.9 Å². The van der Waals surface area contributed by atoms with Crippen molar-refractivity contribution >= 4 is 5.97 Å². The van der Waals surface area contributed by atoms with Crippen molar-refractivity contribution in [3.63, 3.8) is 0 Å². The lowest BCUT2D eigenvalue weighted by Crippen LogP contribution is -2.16. The molecule has 0 saturated carbocycles. The lowest BCUT2D eigenvalue weighted by atomic mass is 9.84. The van der Waals surface area contributed by atoms with Gasteiger partial charge in [-0.3, -0.25) is 0 Å². The highest BCUT2D eigenvalue weighted by Gasteiger charge is 2.25. The molecule has 0 saturated heterocycles. The number of ether oxygens (including phenoxy) is 2. The summed E-state index contributed by atoms with van der Waals surface area (Å²) in [5.41, 5.74) is 5.09. The van der Waals surface area contributed by atoms with Crippen molar-refractivity contribution in [2.24, 2.45) is 0 Å². The predicted octanol–water partition coefficient (Wildman–Crippen LogP) is 6.98. The van der Waals surface area contributed by atoms with Gasteiger partial charge in [0.05, 0.1) is 12.7 Å². The fourth-order valence-corrected chi connectivity index (χ4v) is 3.35. The fourth-order valence-electron chi connectivity index (χ4n) is 3.35. The second-order valence-corrected chi connectivity index (χ2v) is 8.36. The molecule has 0 fully saturated rings. The molecule has 0 aliphatic rings. The maximum Gasteiger partial charge on any atom is 0.339 e. The Labute approximate surface area is 170 Å². The van der Waals surface area contributed by atoms with Crippen LogP contribution in [0.5, 0.6) is 5.75 Å². The maximum absolute atomic E-state index is 13.2. The Morgan fingerprint density at radius 3 is 1.64 bits per heavy atom. The molecular weight excluding hydrogens is 348 g/mol. The molecule has 3 nitrogen and oxygen atoms in total. The zero-order valence-corrected chi connectivity index (χ0v) is 18.5. The number of methoxy groups -OCH3 is 1. The van der Waals surface area contributed by atoms with E-state index in [9.17, 15) is 4.79 Å². The van der Waals surface area contributed by atoms with Crippen molar-refractivity contribution < 1.29 is 14.3 Å². The Kier molecular flexibility index (Phi) is 7.29.